The number of benzene rings is 1. The second-order valence-electron chi connectivity index (χ2n) is 6.26. The van der Waals surface area contributed by atoms with Gasteiger partial charge in [0.1, 0.15) is 17.2 Å². The number of aromatic nitrogens is 2. The zero-order chi connectivity index (χ0) is 19.9. The van der Waals surface area contributed by atoms with Gasteiger partial charge in [-0.15, -0.1) is 0 Å². The summed E-state index contributed by atoms with van der Waals surface area (Å²) in [5.41, 5.74) is 2.26. The number of carbonyl (C=O) groups excluding carboxylic acids is 2. The standard InChI is InChI=1S/C21H18ClN3O3/c22-17-3-4-20(27)16(10-17)11-18(26)8-14-5-7-24-19(9-14)21(28)25-13-15-2-1-6-23-12-15/h1-7,9-10,12,27H,8,11,13H2,(H,25,28). The summed E-state index contributed by atoms with van der Waals surface area (Å²) in [6, 6.07) is 11.5. The van der Waals surface area contributed by atoms with E-state index in [1.807, 2.05) is 6.07 Å². The highest BCUT2D eigenvalue weighted by molar-refractivity contribution is 6.30. The van der Waals surface area contributed by atoms with E-state index in [2.05, 4.69) is 15.3 Å². The Bertz CT molecular complexity index is 993. The number of hydrogen-bond acceptors (Lipinski definition) is 5. The van der Waals surface area contributed by atoms with Crippen LogP contribution in [0.15, 0.2) is 61.1 Å². The summed E-state index contributed by atoms with van der Waals surface area (Å²) in [6.45, 7) is 0.339. The van der Waals surface area contributed by atoms with E-state index < -0.39 is 0 Å². The number of pyridine rings is 2. The Labute approximate surface area is 167 Å². The minimum Gasteiger partial charge on any atom is -0.508 e. The van der Waals surface area contributed by atoms with Gasteiger partial charge in [-0.25, -0.2) is 0 Å². The number of phenolic OH excluding ortho intramolecular Hbond substituents is 1. The van der Waals surface area contributed by atoms with Crippen molar-refractivity contribution in [3.05, 3.63) is 88.5 Å². The van der Waals surface area contributed by atoms with Crippen molar-refractivity contribution in [2.75, 3.05) is 0 Å². The Hall–Kier alpha value is -3.25. The van der Waals surface area contributed by atoms with Crippen LogP contribution in [0.2, 0.25) is 5.02 Å². The Morgan fingerprint density at radius 1 is 1.04 bits per heavy atom. The summed E-state index contributed by atoms with van der Waals surface area (Å²) in [5.74, 6) is -0.404. The molecule has 0 saturated carbocycles. The molecule has 0 radical (unpaired) electrons. The zero-order valence-corrected chi connectivity index (χ0v) is 15.7. The van der Waals surface area contributed by atoms with Crippen LogP contribution in [0.25, 0.3) is 0 Å². The lowest BCUT2D eigenvalue weighted by atomic mass is 10.0. The number of nitrogens with one attached hydrogen (secondary N) is 1. The first-order valence-electron chi connectivity index (χ1n) is 8.62. The first-order valence-corrected chi connectivity index (χ1v) is 9.00. The fraction of sp³-hybridized carbons (Fsp3) is 0.143. The lowest BCUT2D eigenvalue weighted by Gasteiger charge is -2.07. The molecule has 0 aliphatic heterocycles. The molecule has 0 atom stereocenters. The Balaban J connectivity index is 1.61. The van der Waals surface area contributed by atoms with Gasteiger partial charge in [0.05, 0.1) is 0 Å². The van der Waals surface area contributed by atoms with Gasteiger partial charge in [-0.05, 0) is 47.5 Å². The van der Waals surface area contributed by atoms with Gasteiger partial charge in [0, 0.05) is 48.6 Å². The number of ketones is 1. The Kier molecular flexibility index (Phi) is 6.34. The van der Waals surface area contributed by atoms with Crippen LogP contribution in [0, 0.1) is 0 Å². The van der Waals surface area contributed by atoms with E-state index in [-0.39, 0.29) is 36.0 Å². The average molecular weight is 396 g/mol. The van der Waals surface area contributed by atoms with Gasteiger partial charge in [0.2, 0.25) is 0 Å². The van der Waals surface area contributed by atoms with E-state index in [0.29, 0.717) is 22.7 Å². The SMILES string of the molecule is O=C(Cc1ccnc(C(=O)NCc2cccnc2)c1)Cc1cc(Cl)ccc1O. The summed E-state index contributed by atoms with van der Waals surface area (Å²) in [4.78, 5) is 32.7. The van der Waals surface area contributed by atoms with Crippen LogP contribution < -0.4 is 5.32 Å². The van der Waals surface area contributed by atoms with Crippen molar-refractivity contribution in [1.29, 1.82) is 0 Å². The summed E-state index contributed by atoms with van der Waals surface area (Å²) in [6.07, 6.45) is 5.01. The van der Waals surface area contributed by atoms with Gasteiger partial charge in [0.15, 0.2) is 0 Å². The summed E-state index contributed by atoms with van der Waals surface area (Å²) >= 11 is 5.91. The molecule has 0 bridgehead atoms. The second-order valence-corrected chi connectivity index (χ2v) is 6.69. The molecule has 3 aromatic rings. The van der Waals surface area contributed by atoms with E-state index in [0.717, 1.165) is 5.56 Å². The number of nitrogens with zero attached hydrogens (tertiary/aromatic N) is 2. The molecular weight excluding hydrogens is 378 g/mol. The van der Waals surface area contributed by atoms with Crippen LogP contribution >= 0.6 is 11.6 Å². The number of phenols is 1. The van der Waals surface area contributed by atoms with Gasteiger partial charge in [-0.1, -0.05) is 17.7 Å². The number of hydrogen-bond donors (Lipinski definition) is 2. The van der Waals surface area contributed by atoms with E-state index in [1.54, 1.807) is 42.7 Å². The maximum atomic E-state index is 12.4. The second kappa shape index (κ2) is 9.10. The smallest absolute Gasteiger partial charge is 0.270 e. The van der Waals surface area contributed by atoms with Gasteiger partial charge >= 0.3 is 0 Å². The van der Waals surface area contributed by atoms with E-state index in [1.165, 1.54) is 12.3 Å². The van der Waals surface area contributed by atoms with Gasteiger partial charge in [-0.2, -0.15) is 0 Å². The molecule has 6 nitrogen and oxygen atoms in total. The van der Waals surface area contributed by atoms with Gasteiger partial charge in [-0.3, -0.25) is 19.6 Å². The number of Topliss-reactive ketones (excluding diaryl/α,β-unsaturated/α-hetero) is 1. The van der Waals surface area contributed by atoms with Crippen LogP contribution in [-0.2, 0) is 24.2 Å². The zero-order valence-electron chi connectivity index (χ0n) is 14.9. The molecule has 142 valence electrons. The topological polar surface area (TPSA) is 92.2 Å². The monoisotopic (exact) mass is 395 g/mol. The number of amides is 1. The van der Waals surface area contributed by atoms with Crippen LogP contribution in [-0.4, -0.2) is 26.8 Å². The summed E-state index contributed by atoms with van der Waals surface area (Å²) in [5, 5.41) is 13.1. The molecule has 2 heterocycles. The first kappa shape index (κ1) is 19.5. The molecule has 0 aliphatic rings. The van der Waals surface area contributed by atoms with E-state index >= 15 is 0 Å². The van der Waals surface area contributed by atoms with Crippen molar-refractivity contribution >= 4 is 23.3 Å². The number of aromatic hydroxyl groups is 1. The Morgan fingerprint density at radius 2 is 1.89 bits per heavy atom. The minimum absolute atomic E-state index is 0.0305. The Morgan fingerprint density at radius 3 is 2.68 bits per heavy atom. The maximum Gasteiger partial charge on any atom is 0.270 e. The van der Waals surface area contributed by atoms with Crippen molar-refractivity contribution in [3.63, 3.8) is 0 Å². The quantitative estimate of drug-likeness (QED) is 0.641. The van der Waals surface area contributed by atoms with E-state index in [9.17, 15) is 14.7 Å². The van der Waals surface area contributed by atoms with Gasteiger partial charge in [0.25, 0.3) is 5.91 Å². The normalized spacial score (nSPS) is 10.5. The summed E-state index contributed by atoms with van der Waals surface area (Å²) < 4.78 is 0. The lowest BCUT2D eigenvalue weighted by Crippen LogP contribution is -2.24. The van der Waals surface area contributed by atoms with Crippen molar-refractivity contribution in [1.82, 2.24) is 15.3 Å². The molecule has 3 rings (SSSR count). The molecule has 1 aromatic carbocycles. The first-order chi connectivity index (χ1) is 13.5. The number of rotatable bonds is 7. The average Bonchev–Trinajstić information content (AvgIpc) is 2.70. The molecule has 2 N–H and O–H groups in total. The molecule has 28 heavy (non-hydrogen) atoms. The maximum absolute atomic E-state index is 12.4. The third-order valence-corrected chi connectivity index (χ3v) is 4.30. The molecule has 0 spiro atoms. The minimum atomic E-state index is -0.328. The van der Waals surface area contributed by atoms with Crippen LogP contribution in [0.1, 0.15) is 27.2 Å². The predicted octanol–water partition coefficient (Wildman–Crippen LogP) is 3.12. The van der Waals surface area contributed by atoms with Gasteiger partial charge < -0.3 is 10.4 Å². The third-order valence-electron chi connectivity index (χ3n) is 4.06. The van der Waals surface area contributed by atoms with Crippen molar-refractivity contribution in [2.24, 2.45) is 0 Å². The lowest BCUT2D eigenvalue weighted by molar-refractivity contribution is -0.117. The molecule has 2 aromatic heterocycles. The number of carbonyl (C=O) groups is 2. The molecular formula is C21H18ClN3O3. The molecule has 1 amide bonds. The third kappa shape index (κ3) is 5.37. The highest BCUT2D eigenvalue weighted by atomic mass is 35.5. The van der Waals surface area contributed by atoms with E-state index in [4.69, 9.17) is 11.6 Å². The van der Waals surface area contributed by atoms with Crippen LogP contribution in [0.3, 0.4) is 0 Å². The predicted molar refractivity (Wildman–Crippen MR) is 105 cm³/mol. The molecule has 7 heteroatoms. The van der Waals surface area contributed by atoms with Crippen molar-refractivity contribution in [3.8, 4) is 5.75 Å². The highest BCUT2D eigenvalue weighted by Gasteiger charge is 2.12. The molecule has 0 fully saturated rings. The summed E-state index contributed by atoms with van der Waals surface area (Å²) in [7, 11) is 0. The molecule has 0 unspecified atom stereocenters. The van der Waals surface area contributed by atoms with Crippen molar-refractivity contribution < 1.29 is 14.7 Å². The fourth-order valence-corrected chi connectivity index (χ4v) is 2.88. The molecule has 0 saturated heterocycles. The largest absolute Gasteiger partial charge is 0.508 e. The molecule has 0 aliphatic carbocycles. The van der Waals surface area contributed by atoms with Crippen LogP contribution in [0.5, 0.6) is 5.75 Å². The van der Waals surface area contributed by atoms with Crippen LogP contribution in [0.4, 0.5) is 0 Å². The van der Waals surface area contributed by atoms with Crippen molar-refractivity contribution in [2.45, 2.75) is 19.4 Å². The fourth-order valence-electron chi connectivity index (χ4n) is 2.68. The number of halogens is 1. The highest BCUT2D eigenvalue weighted by Crippen LogP contribution is 2.22.